The number of pyridine rings is 1. The molecular weight excluding hydrogens is 276 g/mol. The molecule has 5 heteroatoms. The molecule has 1 aliphatic heterocycles. The molecule has 0 saturated carbocycles. The molecule has 20 heavy (non-hydrogen) atoms. The van der Waals surface area contributed by atoms with E-state index in [2.05, 4.69) is 4.98 Å². The molecule has 0 atom stereocenters. The van der Waals surface area contributed by atoms with Gasteiger partial charge in [-0.1, -0.05) is 23.2 Å². The Balaban J connectivity index is 1.99. The first kappa shape index (κ1) is 12.8. The van der Waals surface area contributed by atoms with Crippen LogP contribution in [-0.2, 0) is 11.3 Å². The van der Waals surface area contributed by atoms with Gasteiger partial charge in [0.05, 0.1) is 17.8 Å². The number of carbonyl (C=O) groups is 2. The number of hydrogen-bond acceptors (Lipinski definition) is 3. The molecule has 0 saturated heterocycles. The zero-order chi connectivity index (χ0) is 14.3. The fourth-order valence-electron chi connectivity index (χ4n) is 2.29. The van der Waals surface area contributed by atoms with Gasteiger partial charge >= 0.3 is 0 Å². The summed E-state index contributed by atoms with van der Waals surface area (Å²) in [5.74, 6) is -0.956. The topological polar surface area (TPSA) is 50.3 Å². The monoisotopic (exact) mass is 286 g/mol. The molecule has 0 unspecified atom stereocenters. The molecule has 1 aromatic carbocycles. The lowest BCUT2D eigenvalue weighted by Gasteiger charge is -2.16. The summed E-state index contributed by atoms with van der Waals surface area (Å²) in [5, 5.41) is 0.365. The van der Waals surface area contributed by atoms with Crippen LogP contribution in [0.25, 0.3) is 0 Å². The highest BCUT2D eigenvalue weighted by Gasteiger charge is 2.35. The zero-order valence-electron chi connectivity index (χ0n) is 10.8. The van der Waals surface area contributed by atoms with E-state index in [0.717, 1.165) is 11.1 Å². The molecule has 0 aliphatic carbocycles. The van der Waals surface area contributed by atoms with E-state index in [0.29, 0.717) is 22.9 Å². The van der Waals surface area contributed by atoms with E-state index in [1.165, 1.54) is 4.90 Å². The van der Waals surface area contributed by atoms with Crippen molar-refractivity contribution in [3.8, 4) is 0 Å². The molecule has 1 aromatic heterocycles. The molecule has 0 spiro atoms. The Bertz CT molecular complexity index is 728. The second kappa shape index (κ2) is 4.72. The summed E-state index contributed by atoms with van der Waals surface area (Å²) in [6.07, 6.45) is 1.58. The van der Waals surface area contributed by atoms with Gasteiger partial charge in [-0.05, 0) is 36.8 Å². The first-order valence-corrected chi connectivity index (χ1v) is 6.51. The lowest BCUT2D eigenvalue weighted by Crippen LogP contribution is -2.29. The number of nitrogens with zero attached hydrogens (tertiary/aromatic N) is 2. The summed E-state index contributed by atoms with van der Waals surface area (Å²) >= 11 is 5.83. The van der Waals surface area contributed by atoms with Crippen molar-refractivity contribution in [1.29, 1.82) is 0 Å². The lowest BCUT2D eigenvalue weighted by molar-refractivity contribution is -0.114. The van der Waals surface area contributed by atoms with Crippen LogP contribution in [0, 0.1) is 6.92 Å². The predicted octanol–water partition coefficient (Wildman–Crippen LogP) is 2.77. The quantitative estimate of drug-likeness (QED) is 0.630. The van der Waals surface area contributed by atoms with Crippen LogP contribution >= 0.6 is 11.6 Å². The van der Waals surface area contributed by atoms with Crippen molar-refractivity contribution in [3.05, 3.63) is 58.4 Å². The molecular formula is C15H11ClN2O2. The van der Waals surface area contributed by atoms with Crippen molar-refractivity contribution in [3.63, 3.8) is 0 Å². The van der Waals surface area contributed by atoms with Crippen LogP contribution in [0.1, 0.15) is 21.5 Å². The maximum atomic E-state index is 12.1. The van der Waals surface area contributed by atoms with Crippen LogP contribution in [0.3, 0.4) is 0 Å². The van der Waals surface area contributed by atoms with Crippen molar-refractivity contribution in [1.82, 2.24) is 4.98 Å². The number of Topliss-reactive ketones (excluding diaryl/α,β-unsaturated/α-hetero) is 1. The van der Waals surface area contributed by atoms with E-state index in [1.54, 1.807) is 30.5 Å². The summed E-state index contributed by atoms with van der Waals surface area (Å²) < 4.78 is 0. The van der Waals surface area contributed by atoms with Gasteiger partial charge in [-0.3, -0.25) is 9.59 Å². The highest BCUT2D eigenvalue weighted by atomic mass is 35.5. The van der Waals surface area contributed by atoms with E-state index >= 15 is 0 Å². The summed E-state index contributed by atoms with van der Waals surface area (Å²) in [6.45, 7) is 2.20. The molecule has 4 nitrogen and oxygen atoms in total. The van der Waals surface area contributed by atoms with Crippen molar-refractivity contribution in [2.75, 3.05) is 4.90 Å². The number of ketones is 1. The fraction of sp³-hybridized carbons (Fsp3) is 0.133. The minimum atomic E-state index is -0.501. The number of halogens is 1. The Morgan fingerprint density at radius 1 is 1.20 bits per heavy atom. The van der Waals surface area contributed by atoms with Crippen LogP contribution < -0.4 is 4.90 Å². The maximum Gasteiger partial charge on any atom is 0.299 e. The van der Waals surface area contributed by atoms with Crippen LogP contribution in [-0.4, -0.2) is 16.7 Å². The number of hydrogen-bond donors (Lipinski definition) is 0. The van der Waals surface area contributed by atoms with Crippen LogP contribution in [0.4, 0.5) is 5.69 Å². The van der Waals surface area contributed by atoms with Crippen molar-refractivity contribution >= 4 is 29.0 Å². The minimum Gasteiger partial charge on any atom is -0.300 e. The van der Waals surface area contributed by atoms with Gasteiger partial charge in [-0.15, -0.1) is 0 Å². The van der Waals surface area contributed by atoms with Crippen molar-refractivity contribution in [2.24, 2.45) is 0 Å². The van der Waals surface area contributed by atoms with Crippen molar-refractivity contribution < 1.29 is 9.59 Å². The molecule has 2 heterocycles. The normalized spacial score (nSPS) is 13.8. The molecule has 2 aromatic rings. The standard InChI is InChI=1S/C15H11ClN2O2/c1-9-2-3-12-11(6-9)14(19)15(20)18(12)8-10-4-5-17-13(16)7-10/h2-7H,8H2,1H3. The number of amides is 1. The van der Waals surface area contributed by atoms with Crippen LogP contribution in [0.2, 0.25) is 5.15 Å². The molecule has 1 aliphatic rings. The molecule has 0 radical (unpaired) electrons. The molecule has 0 N–H and O–H groups in total. The number of rotatable bonds is 2. The van der Waals surface area contributed by atoms with E-state index in [4.69, 9.17) is 11.6 Å². The van der Waals surface area contributed by atoms with Gasteiger partial charge in [0.25, 0.3) is 11.7 Å². The third kappa shape index (κ3) is 2.08. The number of anilines is 1. The zero-order valence-corrected chi connectivity index (χ0v) is 11.5. The van der Waals surface area contributed by atoms with Gasteiger partial charge in [-0.25, -0.2) is 4.98 Å². The van der Waals surface area contributed by atoms with Gasteiger partial charge in [0.2, 0.25) is 0 Å². The average Bonchev–Trinajstić information content (AvgIpc) is 2.64. The van der Waals surface area contributed by atoms with E-state index in [9.17, 15) is 9.59 Å². The first-order chi connectivity index (χ1) is 9.56. The number of fused-ring (bicyclic) bond motifs is 1. The number of carbonyl (C=O) groups excluding carboxylic acids is 2. The third-order valence-electron chi connectivity index (χ3n) is 3.26. The van der Waals surface area contributed by atoms with Crippen LogP contribution in [0.5, 0.6) is 0 Å². The molecule has 100 valence electrons. The number of aromatic nitrogens is 1. The second-order valence-electron chi connectivity index (χ2n) is 4.73. The molecule has 0 bridgehead atoms. The van der Waals surface area contributed by atoms with E-state index < -0.39 is 11.7 Å². The minimum absolute atomic E-state index is 0.308. The average molecular weight is 287 g/mol. The summed E-state index contributed by atoms with van der Waals surface area (Å²) in [7, 11) is 0. The Kier molecular flexibility index (Phi) is 3.03. The van der Waals surface area contributed by atoms with Gasteiger partial charge in [-0.2, -0.15) is 0 Å². The molecule has 1 amide bonds. The van der Waals surface area contributed by atoms with Gasteiger partial charge in [0, 0.05) is 6.20 Å². The Labute approximate surface area is 121 Å². The highest BCUT2D eigenvalue weighted by molar-refractivity contribution is 6.52. The van der Waals surface area contributed by atoms with Crippen molar-refractivity contribution in [2.45, 2.75) is 13.5 Å². The predicted molar refractivity (Wildman–Crippen MR) is 75.9 cm³/mol. The number of aryl methyl sites for hydroxylation is 1. The number of benzene rings is 1. The Morgan fingerprint density at radius 2 is 2.00 bits per heavy atom. The molecule has 3 rings (SSSR count). The van der Waals surface area contributed by atoms with Gasteiger partial charge in [0.15, 0.2) is 0 Å². The SMILES string of the molecule is Cc1ccc2c(c1)C(=O)C(=O)N2Cc1ccnc(Cl)c1. The highest BCUT2D eigenvalue weighted by Crippen LogP contribution is 2.31. The van der Waals surface area contributed by atoms with Gasteiger partial charge < -0.3 is 4.90 Å². The molecule has 0 fully saturated rings. The summed E-state index contributed by atoms with van der Waals surface area (Å²) in [4.78, 5) is 29.5. The maximum absolute atomic E-state index is 12.1. The Hall–Kier alpha value is -2.20. The fourth-order valence-corrected chi connectivity index (χ4v) is 2.49. The first-order valence-electron chi connectivity index (χ1n) is 6.13. The van der Waals surface area contributed by atoms with E-state index in [1.807, 2.05) is 13.0 Å². The Morgan fingerprint density at radius 3 is 2.75 bits per heavy atom. The lowest BCUT2D eigenvalue weighted by atomic mass is 10.1. The van der Waals surface area contributed by atoms with Gasteiger partial charge in [0.1, 0.15) is 5.15 Å². The second-order valence-corrected chi connectivity index (χ2v) is 5.12. The summed E-state index contributed by atoms with van der Waals surface area (Å²) in [5.41, 5.74) is 2.91. The largest absolute Gasteiger partial charge is 0.300 e. The smallest absolute Gasteiger partial charge is 0.299 e. The van der Waals surface area contributed by atoms with Crippen LogP contribution in [0.15, 0.2) is 36.5 Å². The summed E-state index contributed by atoms with van der Waals surface area (Å²) in [6, 6.07) is 8.89. The van der Waals surface area contributed by atoms with E-state index in [-0.39, 0.29) is 0 Å². The third-order valence-corrected chi connectivity index (χ3v) is 3.47.